The number of aromatic nitrogens is 3. The number of aryl methyl sites for hydroxylation is 2. The zero-order valence-corrected chi connectivity index (χ0v) is 16.3. The second kappa shape index (κ2) is 7.36. The van der Waals surface area contributed by atoms with Gasteiger partial charge < -0.3 is 5.32 Å². The van der Waals surface area contributed by atoms with Gasteiger partial charge in [0.1, 0.15) is 6.54 Å². The maximum atomic E-state index is 12.5. The number of hydrogen-bond acceptors (Lipinski definition) is 5. The van der Waals surface area contributed by atoms with Crippen molar-refractivity contribution in [2.45, 2.75) is 20.4 Å². The van der Waals surface area contributed by atoms with Crippen molar-refractivity contribution in [1.29, 1.82) is 0 Å². The fourth-order valence-corrected chi connectivity index (χ4v) is 3.77. The Balaban J connectivity index is 1.56. The summed E-state index contributed by atoms with van der Waals surface area (Å²) in [5.41, 5.74) is 5.14. The lowest BCUT2D eigenvalue weighted by atomic mass is 10.0. The number of nitrogens with one attached hydrogen (secondary N) is 1. The standard InChI is InChI=1S/C21H18N4O2S/c1-13-7-8-14(2)15(9-13)17-12-28-21(23-17)24-19(26)11-25-18-6-4-3-5-16(18)22-10-20(25)27/h3-10,12H,11H2,1-2H3,(H,23,24,26). The smallest absolute Gasteiger partial charge is 0.269 e. The molecule has 0 saturated carbocycles. The van der Waals surface area contributed by atoms with Crippen molar-refractivity contribution in [3.63, 3.8) is 0 Å². The van der Waals surface area contributed by atoms with Crippen molar-refractivity contribution >= 4 is 33.4 Å². The molecule has 1 amide bonds. The summed E-state index contributed by atoms with van der Waals surface area (Å²) in [6, 6.07) is 13.4. The first-order valence-corrected chi connectivity index (χ1v) is 9.67. The summed E-state index contributed by atoms with van der Waals surface area (Å²) in [6.07, 6.45) is 1.23. The Bertz CT molecular complexity index is 1240. The number of anilines is 1. The van der Waals surface area contributed by atoms with E-state index in [0.717, 1.165) is 22.4 Å². The minimum Gasteiger partial charge on any atom is -0.300 e. The van der Waals surface area contributed by atoms with Gasteiger partial charge in [0.25, 0.3) is 5.56 Å². The molecule has 7 heteroatoms. The quantitative estimate of drug-likeness (QED) is 0.575. The maximum Gasteiger partial charge on any atom is 0.269 e. The number of carbonyl (C=O) groups is 1. The maximum absolute atomic E-state index is 12.5. The summed E-state index contributed by atoms with van der Waals surface area (Å²) in [6.45, 7) is 3.97. The fraction of sp³-hybridized carbons (Fsp3) is 0.143. The molecule has 0 saturated heterocycles. The summed E-state index contributed by atoms with van der Waals surface area (Å²) in [5.74, 6) is -0.305. The van der Waals surface area contributed by atoms with Gasteiger partial charge in [-0.25, -0.2) is 9.97 Å². The predicted octanol–water partition coefficient (Wildman–Crippen LogP) is 3.78. The van der Waals surface area contributed by atoms with E-state index in [9.17, 15) is 9.59 Å². The molecule has 0 aliphatic rings. The van der Waals surface area contributed by atoms with Crippen molar-refractivity contribution < 1.29 is 4.79 Å². The molecule has 0 aliphatic carbocycles. The van der Waals surface area contributed by atoms with Crippen LogP contribution in [-0.2, 0) is 11.3 Å². The van der Waals surface area contributed by atoms with Gasteiger partial charge in [-0.3, -0.25) is 14.2 Å². The second-order valence-corrected chi connectivity index (χ2v) is 7.43. The van der Waals surface area contributed by atoms with Crippen LogP contribution in [0, 0.1) is 13.8 Å². The Kier molecular flexibility index (Phi) is 4.75. The van der Waals surface area contributed by atoms with Crippen molar-refractivity contribution in [1.82, 2.24) is 14.5 Å². The third-order valence-electron chi connectivity index (χ3n) is 4.47. The topological polar surface area (TPSA) is 76.9 Å². The zero-order valence-electron chi connectivity index (χ0n) is 15.5. The first-order valence-electron chi connectivity index (χ1n) is 8.79. The number of carbonyl (C=O) groups excluding carboxylic acids is 1. The van der Waals surface area contributed by atoms with Gasteiger partial charge in [0.05, 0.1) is 22.9 Å². The molecule has 0 unspecified atom stereocenters. The monoisotopic (exact) mass is 390 g/mol. The number of hydrogen-bond donors (Lipinski definition) is 1. The first-order chi connectivity index (χ1) is 13.5. The number of fused-ring (bicyclic) bond motifs is 1. The molecule has 2 aromatic carbocycles. The highest BCUT2D eigenvalue weighted by atomic mass is 32.1. The van der Waals surface area contributed by atoms with Gasteiger partial charge in [0.2, 0.25) is 5.91 Å². The van der Waals surface area contributed by atoms with Gasteiger partial charge in [0, 0.05) is 10.9 Å². The van der Waals surface area contributed by atoms with E-state index >= 15 is 0 Å². The van der Waals surface area contributed by atoms with E-state index in [1.165, 1.54) is 22.1 Å². The molecule has 2 aromatic heterocycles. The molecular weight excluding hydrogens is 372 g/mol. The Hall–Kier alpha value is -3.32. The molecule has 0 bridgehead atoms. The van der Waals surface area contributed by atoms with E-state index in [4.69, 9.17) is 0 Å². The normalized spacial score (nSPS) is 10.9. The minimum absolute atomic E-state index is 0.0970. The van der Waals surface area contributed by atoms with E-state index in [2.05, 4.69) is 33.5 Å². The van der Waals surface area contributed by atoms with Crippen LogP contribution in [-0.4, -0.2) is 20.4 Å². The third-order valence-corrected chi connectivity index (χ3v) is 5.23. The fourth-order valence-electron chi connectivity index (χ4n) is 3.05. The number of nitrogens with zero attached hydrogens (tertiary/aromatic N) is 3. The van der Waals surface area contributed by atoms with Gasteiger partial charge in [-0.15, -0.1) is 11.3 Å². The lowest BCUT2D eigenvalue weighted by Gasteiger charge is -2.08. The van der Waals surface area contributed by atoms with Crippen LogP contribution in [0.3, 0.4) is 0 Å². The number of benzene rings is 2. The molecule has 0 fully saturated rings. The molecule has 28 heavy (non-hydrogen) atoms. The van der Waals surface area contributed by atoms with Crippen LogP contribution in [0.25, 0.3) is 22.3 Å². The van der Waals surface area contributed by atoms with Gasteiger partial charge in [-0.05, 0) is 37.6 Å². The summed E-state index contributed by atoms with van der Waals surface area (Å²) in [5, 5.41) is 5.22. The van der Waals surface area contributed by atoms with Gasteiger partial charge in [-0.1, -0.05) is 29.8 Å². The average molecular weight is 390 g/mol. The van der Waals surface area contributed by atoms with Crippen molar-refractivity contribution in [3.05, 3.63) is 75.5 Å². The second-order valence-electron chi connectivity index (χ2n) is 6.58. The lowest BCUT2D eigenvalue weighted by Crippen LogP contribution is -2.27. The van der Waals surface area contributed by atoms with Crippen LogP contribution < -0.4 is 10.9 Å². The van der Waals surface area contributed by atoms with Gasteiger partial charge >= 0.3 is 0 Å². The molecule has 0 atom stereocenters. The molecule has 6 nitrogen and oxygen atoms in total. The highest BCUT2D eigenvalue weighted by molar-refractivity contribution is 7.14. The molecule has 1 N–H and O–H groups in total. The third kappa shape index (κ3) is 3.57. The highest BCUT2D eigenvalue weighted by Crippen LogP contribution is 2.28. The number of amides is 1. The Morgan fingerprint density at radius 2 is 2.00 bits per heavy atom. The molecule has 140 valence electrons. The number of thiazole rings is 1. The van der Waals surface area contributed by atoms with Gasteiger partial charge in [0.15, 0.2) is 5.13 Å². The van der Waals surface area contributed by atoms with Crippen molar-refractivity contribution in [2.75, 3.05) is 5.32 Å². The molecule has 0 radical (unpaired) electrons. The van der Waals surface area contributed by atoms with Gasteiger partial charge in [-0.2, -0.15) is 0 Å². The predicted molar refractivity (Wildman–Crippen MR) is 112 cm³/mol. The molecule has 0 aliphatic heterocycles. The summed E-state index contributed by atoms with van der Waals surface area (Å²) in [7, 11) is 0. The van der Waals surface area contributed by atoms with E-state index in [1.54, 1.807) is 12.1 Å². The van der Waals surface area contributed by atoms with E-state index < -0.39 is 0 Å². The molecule has 0 spiro atoms. The molecule has 4 aromatic rings. The van der Waals surface area contributed by atoms with Crippen molar-refractivity contribution in [2.24, 2.45) is 0 Å². The lowest BCUT2D eigenvalue weighted by molar-refractivity contribution is -0.116. The SMILES string of the molecule is Cc1ccc(C)c(-c2csc(NC(=O)Cn3c(=O)cnc4ccccc43)n2)c1. The number of rotatable bonds is 4. The Morgan fingerprint density at radius 1 is 1.18 bits per heavy atom. The molecular formula is C21H18N4O2S. The molecule has 4 rings (SSSR count). The largest absolute Gasteiger partial charge is 0.300 e. The van der Waals surface area contributed by atoms with Crippen LogP contribution in [0.5, 0.6) is 0 Å². The average Bonchev–Trinajstić information content (AvgIpc) is 3.14. The van der Waals surface area contributed by atoms with E-state index in [-0.39, 0.29) is 18.0 Å². The summed E-state index contributed by atoms with van der Waals surface area (Å²) >= 11 is 1.36. The zero-order chi connectivity index (χ0) is 19.7. The summed E-state index contributed by atoms with van der Waals surface area (Å²) in [4.78, 5) is 33.4. The van der Waals surface area contributed by atoms with E-state index in [1.807, 2.05) is 31.4 Å². The Labute approximate surface area is 165 Å². The van der Waals surface area contributed by atoms with Crippen LogP contribution in [0.2, 0.25) is 0 Å². The van der Waals surface area contributed by atoms with Crippen LogP contribution in [0.15, 0.2) is 58.8 Å². The number of para-hydroxylation sites is 2. The van der Waals surface area contributed by atoms with Crippen LogP contribution >= 0.6 is 11.3 Å². The van der Waals surface area contributed by atoms with Crippen molar-refractivity contribution in [3.8, 4) is 11.3 Å². The highest BCUT2D eigenvalue weighted by Gasteiger charge is 2.12. The van der Waals surface area contributed by atoms with Crippen LogP contribution in [0.1, 0.15) is 11.1 Å². The van der Waals surface area contributed by atoms with Crippen LogP contribution in [0.4, 0.5) is 5.13 Å². The first kappa shape index (κ1) is 18.1. The Morgan fingerprint density at radius 3 is 2.86 bits per heavy atom. The minimum atomic E-state index is -0.316. The molecule has 2 heterocycles. The summed E-state index contributed by atoms with van der Waals surface area (Å²) < 4.78 is 1.41. The van der Waals surface area contributed by atoms with E-state index in [0.29, 0.717) is 16.2 Å².